The molecule has 170 valence electrons. The first-order valence-electron chi connectivity index (χ1n) is 10.7. The number of amides is 2. The molecule has 3 rings (SSSR count). The summed E-state index contributed by atoms with van der Waals surface area (Å²) in [4.78, 5) is 35.1. The van der Waals surface area contributed by atoms with Crippen molar-refractivity contribution in [1.29, 1.82) is 0 Å². The van der Waals surface area contributed by atoms with Crippen LogP contribution < -0.4 is 10.6 Å². The smallest absolute Gasteiger partial charge is 0.407 e. The Bertz CT molecular complexity index is 919. The first-order valence-corrected chi connectivity index (χ1v) is 11.9. The Labute approximate surface area is 191 Å². The van der Waals surface area contributed by atoms with Crippen LogP contribution in [0.4, 0.5) is 4.79 Å². The number of aliphatic carboxylic acids is 1. The number of rotatable bonds is 11. The van der Waals surface area contributed by atoms with Crippen molar-refractivity contribution < 1.29 is 24.2 Å². The van der Waals surface area contributed by atoms with Crippen molar-refractivity contribution >= 4 is 29.7 Å². The van der Waals surface area contributed by atoms with E-state index in [1.54, 1.807) is 0 Å². The van der Waals surface area contributed by atoms with E-state index in [1.807, 2.05) is 31.2 Å². The lowest BCUT2D eigenvalue weighted by Gasteiger charge is -2.15. The van der Waals surface area contributed by atoms with Gasteiger partial charge in [0.15, 0.2) is 0 Å². The number of thioether (sulfide) groups is 1. The molecule has 32 heavy (non-hydrogen) atoms. The molecular formula is C24H28N2O5S. The normalized spacial score (nSPS) is 13.0. The molecule has 2 aromatic rings. The number of hydrogen-bond acceptors (Lipinski definition) is 5. The standard InChI is InChI=1S/C24H28N2O5S/c1-2-7-21(23(28)29)26-22(27)15-32-13-12-25-24(30)31-14-20-18-10-5-3-8-16(18)17-9-4-6-11-19(17)20/h3-6,8-11,20-21H,2,7,12-15H2,1H3,(H,25,30)(H,26,27)(H,28,29). The molecule has 0 aromatic heterocycles. The molecule has 1 unspecified atom stereocenters. The molecule has 2 amide bonds. The number of ether oxygens (including phenoxy) is 1. The van der Waals surface area contributed by atoms with Gasteiger partial charge >= 0.3 is 12.1 Å². The zero-order valence-electron chi connectivity index (χ0n) is 18.0. The zero-order chi connectivity index (χ0) is 22.9. The molecule has 2 aromatic carbocycles. The van der Waals surface area contributed by atoms with Gasteiger partial charge < -0.3 is 20.5 Å². The topological polar surface area (TPSA) is 105 Å². The number of carboxylic acid groups (broad SMARTS) is 1. The predicted molar refractivity (Wildman–Crippen MR) is 125 cm³/mol. The average Bonchev–Trinajstić information content (AvgIpc) is 3.11. The molecular weight excluding hydrogens is 428 g/mol. The lowest BCUT2D eigenvalue weighted by molar-refractivity contribution is -0.141. The minimum absolute atomic E-state index is 0.0107. The third-order valence-electron chi connectivity index (χ3n) is 5.30. The first kappa shape index (κ1) is 23.7. The summed E-state index contributed by atoms with van der Waals surface area (Å²) in [5, 5.41) is 14.3. The number of hydrogen-bond donors (Lipinski definition) is 3. The molecule has 0 saturated heterocycles. The number of carboxylic acids is 1. The summed E-state index contributed by atoms with van der Waals surface area (Å²) in [6, 6.07) is 15.5. The van der Waals surface area contributed by atoms with Crippen molar-refractivity contribution in [2.24, 2.45) is 0 Å². The third-order valence-corrected chi connectivity index (χ3v) is 6.26. The largest absolute Gasteiger partial charge is 0.480 e. The number of carbonyl (C=O) groups excluding carboxylic acids is 2. The summed E-state index contributed by atoms with van der Waals surface area (Å²) in [5.41, 5.74) is 4.67. The molecule has 7 nitrogen and oxygen atoms in total. The molecule has 1 atom stereocenters. The van der Waals surface area contributed by atoms with Gasteiger partial charge in [0.2, 0.25) is 5.91 Å². The van der Waals surface area contributed by atoms with Crippen LogP contribution in [0.1, 0.15) is 36.8 Å². The molecule has 0 radical (unpaired) electrons. The highest BCUT2D eigenvalue weighted by molar-refractivity contribution is 7.99. The van der Waals surface area contributed by atoms with Crippen molar-refractivity contribution in [3.63, 3.8) is 0 Å². The van der Waals surface area contributed by atoms with E-state index < -0.39 is 18.1 Å². The summed E-state index contributed by atoms with van der Waals surface area (Å²) in [6.45, 7) is 2.47. The maximum Gasteiger partial charge on any atom is 0.407 e. The number of alkyl carbamates (subject to hydrolysis) is 1. The lowest BCUT2D eigenvalue weighted by Crippen LogP contribution is -2.41. The fourth-order valence-electron chi connectivity index (χ4n) is 3.82. The predicted octanol–water partition coefficient (Wildman–Crippen LogP) is 3.63. The van der Waals surface area contributed by atoms with Crippen molar-refractivity contribution in [3.8, 4) is 11.1 Å². The van der Waals surface area contributed by atoms with Crippen LogP contribution >= 0.6 is 11.8 Å². The summed E-state index contributed by atoms with van der Waals surface area (Å²) < 4.78 is 5.47. The Morgan fingerprint density at radius 1 is 1.06 bits per heavy atom. The number of nitrogens with one attached hydrogen (secondary N) is 2. The quantitative estimate of drug-likeness (QED) is 0.446. The molecule has 0 spiro atoms. The Kier molecular flexibility index (Phi) is 8.56. The fraction of sp³-hybridized carbons (Fsp3) is 0.375. The average molecular weight is 457 g/mol. The summed E-state index contributed by atoms with van der Waals surface area (Å²) in [7, 11) is 0. The van der Waals surface area contributed by atoms with Crippen LogP contribution in [0.5, 0.6) is 0 Å². The molecule has 1 aliphatic rings. The van der Waals surface area contributed by atoms with E-state index >= 15 is 0 Å². The van der Waals surface area contributed by atoms with E-state index in [0.29, 0.717) is 25.1 Å². The monoisotopic (exact) mass is 456 g/mol. The molecule has 0 bridgehead atoms. The summed E-state index contributed by atoms with van der Waals surface area (Å²) >= 11 is 1.32. The highest BCUT2D eigenvalue weighted by atomic mass is 32.2. The number of benzene rings is 2. The Morgan fingerprint density at radius 3 is 2.28 bits per heavy atom. The first-order chi connectivity index (χ1) is 15.5. The van der Waals surface area contributed by atoms with Gasteiger partial charge in [0.05, 0.1) is 5.75 Å². The highest BCUT2D eigenvalue weighted by Gasteiger charge is 2.28. The molecule has 0 heterocycles. The van der Waals surface area contributed by atoms with Crippen molar-refractivity contribution in [2.75, 3.05) is 24.7 Å². The minimum Gasteiger partial charge on any atom is -0.480 e. The minimum atomic E-state index is -1.03. The van der Waals surface area contributed by atoms with Crippen LogP contribution in [0.15, 0.2) is 48.5 Å². The number of fused-ring (bicyclic) bond motifs is 3. The van der Waals surface area contributed by atoms with E-state index in [1.165, 1.54) is 22.9 Å². The van der Waals surface area contributed by atoms with Crippen molar-refractivity contribution in [3.05, 3.63) is 59.7 Å². The van der Waals surface area contributed by atoms with Gasteiger partial charge in [-0.15, -0.1) is 0 Å². The Hall–Kier alpha value is -3.00. The van der Waals surface area contributed by atoms with Gasteiger partial charge in [-0.05, 0) is 28.7 Å². The zero-order valence-corrected chi connectivity index (χ0v) is 18.8. The van der Waals surface area contributed by atoms with Gasteiger partial charge in [-0.2, -0.15) is 11.8 Å². The maximum atomic E-state index is 12.1. The van der Waals surface area contributed by atoms with Crippen LogP contribution in [0.2, 0.25) is 0 Å². The Morgan fingerprint density at radius 2 is 1.69 bits per heavy atom. The number of carbonyl (C=O) groups is 3. The van der Waals surface area contributed by atoms with E-state index in [9.17, 15) is 14.4 Å². The van der Waals surface area contributed by atoms with Crippen molar-refractivity contribution in [1.82, 2.24) is 10.6 Å². The van der Waals surface area contributed by atoms with Crippen LogP contribution in [0.3, 0.4) is 0 Å². The Balaban J connectivity index is 1.38. The molecule has 1 aliphatic carbocycles. The second-order valence-corrected chi connectivity index (χ2v) is 8.66. The lowest BCUT2D eigenvalue weighted by atomic mass is 9.98. The van der Waals surface area contributed by atoms with Gasteiger partial charge in [0.25, 0.3) is 0 Å². The van der Waals surface area contributed by atoms with Gasteiger partial charge in [-0.3, -0.25) is 4.79 Å². The van der Waals surface area contributed by atoms with E-state index in [0.717, 1.165) is 11.1 Å². The van der Waals surface area contributed by atoms with Crippen molar-refractivity contribution in [2.45, 2.75) is 31.7 Å². The van der Waals surface area contributed by atoms with Crippen LogP contribution in [0.25, 0.3) is 11.1 Å². The van der Waals surface area contributed by atoms with Crippen LogP contribution in [0, 0.1) is 0 Å². The summed E-state index contributed by atoms with van der Waals surface area (Å²) in [5.74, 6) is -0.682. The molecule has 3 N–H and O–H groups in total. The molecule has 0 aliphatic heterocycles. The SMILES string of the molecule is CCCC(NC(=O)CSCCNC(=O)OCC1c2ccccc2-c2ccccc21)C(=O)O. The van der Waals surface area contributed by atoms with Gasteiger partial charge in [-0.25, -0.2) is 9.59 Å². The second kappa shape index (κ2) is 11.6. The third kappa shape index (κ3) is 6.03. The molecule has 0 saturated carbocycles. The van der Waals surface area contributed by atoms with Gasteiger partial charge in [0.1, 0.15) is 12.6 Å². The van der Waals surface area contributed by atoms with Gasteiger partial charge in [-0.1, -0.05) is 61.9 Å². The highest BCUT2D eigenvalue weighted by Crippen LogP contribution is 2.44. The maximum absolute atomic E-state index is 12.1. The molecule has 0 fully saturated rings. The molecule has 8 heteroatoms. The fourth-order valence-corrected chi connectivity index (χ4v) is 4.48. The summed E-state index contributed by atoms with van der Waals surface area (Å²) in [6.07, 6.45) is 0.578. The van der Waals surface area contributed by atoms with Crippen LogP contribution in [-0.2, 0) is 14.3 Å². The van der Waals surface area contributed by atoms with E-state index in [2.05, 4.69) is 34.9 Å². The van der Waals surface area contributed by atoms with Crippen LogP contribution in [-0.4, -0.2) is 53.8 Å². The van der Waals surface area contributed by atoms with E-state index in [-0.39, 0.29) is 24.2 Å². The second-order valence-electron chi connectivity index (χ2n) is 7.55. The van der Waals surface area contributed by atoms with Gasteiger partial charge in [0, 0.05) is 18.2 Å². The van der Waals surface area contributed by atoms with E-state index in [4.69, 9.17) is 9.84 Å².